The number of carbonyl (C=O) groups excluding carboxylic acids is 1. The van der Waals surface area contributed by atoms with Crippen LogP contribution in [0.15, 0.2) is 123 Å². The molecule has 0 unspecified atom stereocenters. The fourth-order valence-electron chi connectivity index (χ4n) is 6.30. The zero-order valence-corrected chi connectivity index (χ0v) is 21.8. The van der Waals surface area contributed by atoms with Crippen molar-refractivity contribution >= 4 is 79.2 Å². The highest BCUT2D eigenvalue weighted by atomic mass is 19.2. The Morgan fingerprint density at radius 2 is 1.24 bits per heavy atom. The Hall–Kier alpha value is -5.57. The van der Waals surface area contributed by atoms with E-state index in [4.69, 9.17) is 8.83 Å². The van der Waals surface area contributed by atoms with Gasteiger partial charge in [-0.2, -0.15) is 0 Å². The normalized spacial score (nSPS) is 15.2. The van der Waals surface area contributed by atoms with E-state index in [1.54, 1.807) is 12.1 Å². The second kappa shape index (κ2) is 8.01. The molecule has 0 fully saturated rings. The Morgan fingerprint density at radius 3 is 1.88 bits per heavy atom. The maximum absolute atomic E-state index is 15.8. The topological polar surface area (TPSA) is 62.8 Å². The lowest BCUT2D eigenvalue weighted by atomic mass is 9.91. The number of pyridine rings is 1. The van der Waals surface area contributed by atoms with Gasteiger partial charge in [0, 0.05) is 23.0 Å². The molecule has 1 amide bonds. The predicted molar refractivity (Wildman–Crippen MR) is 159 cm³/mol. The number of benzene rings is 5. The molecule has 6 nitrogen and oxygen atoms in total. The zero-order chi connectivity index (χ0) is 28.2. The molecule has 0 spiro atoms. The van der Waals surface area contributed by atoms with Gasteiger partial charge in [0.15, 0.2) is 11.2 Å². The quantitative estimate of drug-likeness (QED) is 0.180. The van der Waals surface area contributed by atoms with Gasteiger partial charge in [0.1, 0.15) is 11.2 Å². The summed E-state index contributed by atoms with van der Waals surface area (Å²) in [5, 5.41) is 5.72. The summed E-state index contributed by atoms with van der Waals surface area (Å²) < 4.78 is 45.3. The summed E-state index contributed by atoms with van der Waals surface area (Å²) in [6, 6.07) is 31.5. The summed E-state index contributed by atoms with van der Waals surface area (Å²) in [6.07, 6.45) is 1.24. The van der Waals surface area contributed by atoms with E-state index in [0.717, 1.165) is 36.8 Å². The first kappa shape index (κ1) is 23.2. The van der Waals surface area contributed by atoms with Crippen molar-refractivity contribution in [2.45, 2.75) is 0 Å². The van der Waals surface area contributed by atoms with Crippen LogP contribution in [0.1, 0.15) is 15.9 Å². The van der Waals surface area contributed by atoms with E-state index >= 15 is 8.63 Å². The molecule has 0 bridgehead atoms. The molecule has 42 heavy (non-hydrogen) atoms. The van der Waals surface area contributed by atoms with Crippen molar-refractivity contribution in [1.82, 2.24) is 4.81 Å². The molecule has 0 N–H and O–H groups in total. The van der Waals surface area contributed by atoms with Crippen molar-refractivity contribution in [1.29, 1.82) is 0 Å². The van der Waals surface area contributed by atoms with Crippen LogP contribution in [-0.2, 0) is 0 Å². The number of aliphatic imine (C=N–C) groups is 1. The first-order valence-electron chi connectivity index (χ1n) is 13.5. The molecule has 0 radical (unpaired) electrons. The third-order valence-corrected chi connectivity index (χ3v) is 8.21. The highest BCUT2D eigenvalue weighted by molar-refractivity contribution is 6.64. The molecule has 0 saturated carbocycles. The molecule has 2 aliphatic heterocycles. The summed E-state index contributed by atoms with van der Waals surface area (Å²) in [4.78, 5) is 18.5. The minimum absolute atomic E-state index is 0.0657. The van der Waals surface area contributed by atoms with Crippen molar-refractivity contribution < 1.29 is 26.7 Å². The van der Waals surface area contributed by atoms with Gasteiger partial charge in [-0.3, -0.25) is 4.79 Å². The van der Waals surface area contributed by atoms with Crippen LogP contribution in [0.3, 0.4) is 0 Å². The Bertz CT molecular complexity index is 2450. The van der Waals surface area contributed by atoms with E-state index in [9.17, 15) is 4.79 Å². The number of nitrogens with zero attached hydrogens (tertiary/aromatic N) is 3. The summed E-state index contributed by atoms with van der Waals surface area (Å²) in [6.45, 7) is -4.46. The first-order chi connectivity index (χ1) is 20.5. The van der Waals surface area contributed by atoms with Crippen LogP contribution in [0, 0.1) is 0 Å². The number of fused-ring (bicyclic) bond motifs is 12. The number of amides is 1. The van der Waals surface area contributed by atoms with Crippen LogP contribution in [0.2, 0.25) is 0 Å². The second-order valence-electron chi connectivity index (χ2n) is 10.5. The summed E-state index contributed by atoms with van der Waals surface area (Å²) in [5.74, 6) is -0.880. The lowest BCUT2D eigenvalue weighted by molar-refractivity contribution is -0.560. The van der Waals surface area contributed by atoms with Gasteiger partial charge in [-0.05, 0) is 56.9 Å². The number of hydrogen-bond acceptors (Lipinski definition) is 4. The van der Waals surface area contributed by atoms with Crippen molar-refractivity contribution in [2.24, 2.45) is 4.99 Å². The maximum Gasteiger partial charge on any atom is 0.644 e. The minimum atomic E-state index is -4.46. The van der Waals surface area contributed by atoms with Gasteiger partial charge in [-0.15, -0.1) is 0 Å². The SMILES string of the molecule is O=C1c2cc3oc4ccc5ccccc5c4c4c(ccc5ccccc54)oc3cc2C2=Nc3cccc[n+]3[B-](F)(F)N12. The molecule has 2 aliphatic rings. The molecular formula is C33H18BF2N3O3. The van der Waals surface area contributed by atoms with E-state index in [-0.39, 0.29) is 28.4 Å². The molecule has 0 saturated heterocycles. The Kier molecular flexibility index (Phi) is 4.42. The van der Waals surface area contributed by atoms with E-state index in [0.29, 0.717) is 21.6 Å². The third-order valence-electron chi connectivity index (χ3n) is 8.21. The molecule has 9 heteroatoms. The standard InChI is InChI=1S/C33H18BF2N3O3/c35-34(36)38-16-6-5-11-29(38)37-32-23-17-27-28(18-24(23)33(40)39(32)34)42-26-15-13-20-8-2-4-10-22(20)31(26)30-21-9-3-1-7-19(21)12-14-25(30)41-27/h1-18H. The molecule has 0 aliphatic carbocycles. The van der Waals surface area contributed by atoms with Crippen LogP contribution in [-0.4, -0.2) is 23.5 Å². The zero-order valence-electron chi connectivity index (χ0n) is 21.8. The van der Waals surface area contributed by atoms with Crippen LogP contribution in [0.5, 0.6) is 0 Å². The molecule has 200 valence electrons. The molecular weight excluding hydrogens is 535 g/mol. The van der Waals surface area contributed by atoms with E-state index in [2.05, 4.69) is 4.99 Å². The highest BCUT2D eigenvalue weighted by Crippen LogP contribution is 2.39. The predicted octanol–water partition coefficient (Wildman–Crippen LogP) is 7.82. The van der Waals surface area contributed by atoms with Crippen LogP contribution in [0.25, 0.3) is 54.6 Å². The van der Waals surface area contributed by atoms with Gasteiger partial charge < -0.3 is 26.8 Å². The summed E-state index contributed by atoms with van der Waals surface area (Å²) in [5.41, 5.74) is 2.03. The van der Waals surface area contributed by atoms with Gasteiger partial charge >= 0.3 is 6.97 Å². The summed E-state index contributed by atoms with van der Waals surface area (Å²) >= 11 is 0. The smallest absolute Gasteiger partial charge is 0.453 e. The van der Waals surface area contributed by atoms with Gasteiger partial charge in [0.05, 0.1) is 11.1 Å². The van der Waals surface area contributed by atoms with Crippen molar-refractivity contribution in [3.63, 3.8) is 0 Å². The molecule has 0 atom stereocenters. The minimum Gasteiger partial charge on any atom is -0.453 e. The number of hydrogen-bond donors (Lipinski definition) is 0. The fraction of sp³-hybridized carbons (Fsp3) is 0. The third kappa shape index (κ3) is 2.99. The number of rotatable bonds is 0. The van der Waals surface area contributed by atoms with E-state index in [1.165, 1.54) is 24.4 Å². The average molecular weight is 553 g/mol. The van der Waals surface area contributed by atoms with Crippen molar-refractivity contribution in [3.05, 3.63) is 120 Å². The van der Waals surface area contributed by atoms with Crippen molar-refractivity contribution in [2.75, 3.05) is 0 Å². The second-order valence-corrected chi connectivity index (χ2v) is 10.5. The van der Waals surface area contributed by atoms with E-state index in [1.807, 2.05) is 72.8 Å². The first-order valence-corrected chi connectivity index (χ1v) is 13.5. The van der Waals surface area contributed by atoms with Crippen molar-refractivity contribution in [3.8, 4) is 0 Å². The van der Waals surface area contributed by atoms with Gasteiger partial charge in [0.2, 0.25) is 11.7 Å². The lowest BCUT2D eigenvalue weighted by Crippen LogP contribution is -2.72. The average Bonchev–Trinajstić information content (AvgIpc) is 3.27. The number of halogens is 2. The number of aromatic nitrogens is 1. The molecule has 9 rings (SSSR count). The van der Waals surface area contributed by atoms with Gasteiger partial charge in [-0.1, -0.05) is 66.7 Å². The van der Waals surface area contributed by atoms with E-state index < -0.39 is 12.9 Å². The Balaban J connectivity index is 1.44. The Labute approximate surface area is 236 Å². The van der Waals surface area contributed by atoms with Crippen LogP contribution in [0.4, 0.5) is 14.4 Å². The highest BCUT2D eigenvalue weighted by Gasteiger charge is 2.56. The largest absolute Gasteiger partial charge is 0.644 e. The monoisotopic (exact) mass is 553 g/mol. The molecule has 2 aromatic heterocycles. The number of amidine groups is 1. The van der Waals surface area contributed by atoms with Gasteiger partial charge in [0.25, 0.3) is 5.82 Å². The molecule has 7 aromatic rings. The molecule has 5 aromatic carbocycles. The lowest BCUT2D eigenvalue weighted by Gasteiger charge is -2.33. The Morgan fingerprint density at radius 1 is 0.667 bits per heavy atom. The molecule has 4 heterocycles. The summed E-state index contributed by atoms with van der Waals surface area (Å²) in [7, 11) is 0. The van der Waals surface area contributed by atoms with Gasteiger partial charge in [-0.25, -0.2) is 0 Å². The van der Waals surface area contributed by atoms with Crippen LogP contribution < -0.4 is 4.48 Å². The van der Waals surface area contributed by atoms with Crippen LogP contribution >= 0.6 is 0 Å². The fourth-order valence-corrected chi connectivity index (χ4v) is 6.30. The number of carbonyl (C=O) groups is 1. The maximum atomic E-state index is 15.8.